The van der Waals surface area contributed by atoms with Crippen LogP contribution in [0.2, 0.25) is 0 Å². The highest BCUT2D eigenvalue weighted by Crippen LogP contribution is 2.33. The largest absolute Gasteiger partial charge is 0.496 e. The van der Waals surface area contributed by atoms with E-state index in [2.05, 4.69) is 39.8 Å². The predicted octanol–water partition coefficient (Wildman–Crippen LogP) is 4.69. The molecular weight excluding hydrogens is 450 g/mol. The molecule has 186 valence electrons. The van der Waals surface area contributed by atoms with Crippen molar-refractivity contribution in [1.82, 2.24) is 19.8 Å². The van der Waals surface area contributed by atoms with Crippen molar-refractivity contribution in [2.24, 2.45) is 7.05 Å². The zero-order valence-electron chi connectivity index (χ0n) is 21.1. The van der Waals surface area contributed by atoms with E-state index in [1.807, 2.05) is 61.1 Å². The molecule has 7 heteroatoms. The van der Waals surface area contributed by atoms with Gasteiger partial charge in [0.15, 0.2) is 0 Å². The monoisotopic (exact) mass is 483 g/mol. The van der Waals surface area contributed by atoms with Crippen LogP contribution in [-0.4, -0.2) is 53.6 Å². The molecule has 0 saturated carbocycles. The van der Waals surface area contributed by atoms with Gasteiger partial charge in [-0.2, -0.15) is 0 Å². The average molecular weight is 484 g/mol. The van der Waals surface area contributed by atoms with Crippen molar-refractivity contribution in [2.45, 2.75) is 25.4 Å². The fourth-order valence-corrected chi connectivity index (χ4v) is 5.16. The Morgan fingerprint density at radius 1 is 1.11 bits per heavy atom. The SMILES string of the molecule is CNc1cc(C(=O)NC2CCCN(Cc3ccccc3)C2)c2c(c1)nc(-c1ccccc1OC)n2C. The number of ether oxygens (including phenoxy) is 1. The minimum Gasteiger partial charge on any atom is -0.496 e. The Labute approximate surface area is 212 Å². The number of para-hydroxylation sites is 1. The van der Waals surface area contributed by atoms with E-state index < -0.39 is 0 Å². The number of amides is 1. The summed E-state index contributed by atoms with van der Waals surface area (Å²) in [7, 11) is 5.47. The summed E-state index contributed by atoms with van der Waals surface area (Å²) in [6.45, 7) is 2.79. The molecule has 7 nitrogen and oxygen atoms in total. The number of aryl methyl sites for hydroxylation is 1. The summed E-state index contributed by atoms with van der Waals surface area (Å²) >= 11 is 0. The first-order valence-electron chi connectivity index (χ1n) is 12.5. The Morgan fingerprint density at radius 3 is 2.67 bits per heavy atom. The average Bonchev–Trinajstić information content (AvgIpc) is 3.24. The third kappa shape index (κ3) is 4.79. The molecular formula is C29H33N5O2. The van der Waals surface area contributed by atoms with Gasteiger partial charge in [0, 0.05) is 38.9 Å². The molecule has 1 amide bonds. The first-order chi connectivity index (χ1) is 17.6. The van der Waals surface area contributed by atoms with Crippen molar-refractivity contribution in [3.63, 3.8) is 0 Å². The minimum atomic E-state index is -0.0711. The van der Waals surface area contributed by atoms with Gasteiger partial charge in [0.1, 0.15) is 11.6 Å². The lowest BCUT2D eigenvalue weighted by atomic mass is 10.0. The number of imidazole rings is 1. The summed E-state index contributed by atoms with van der Waals surface area (Å²) < 4.78 is 7.57. The van der Waals surface area contributed by atoms with Crippen molar-refractivity contribution in [3.05, 3.63) is 77.9 Å². The molecule has 0 radical (unpaired) electrons. The maximum Gasteiger partial charge on any atom is 0.253 e. The Balaban J connectivity index is 1.43. The fourth-order valence-electron chi connectivity index (χ4n) is 5.16. The highest BCUT2D eigenvalue weighted by Gasteiger charge is 2.25. The number of aromatic nitrogens is 2. The lowest BCUT2D eigenvalue weighted by Crippen LogP contribution is -2.47. The highest BCUT2D eigenvalue weighted by atomic mass is 16.5. The van der Waals surface area contributed by atoms with E-state index in [4.69, 9.17) is 9.72 Å². The molecule has 1 fully saturated rings. The zero-order chi connectivity index (χ0) is 25.1. The molecule has 2 N–H and O–H groups in total. The molecule has 1 aliphatic heterocycles. The molecule has 1 saturated heterocycles. The molecule has 1 unspecified atom stereocenters. The van der Waals surface area contributed by atoms with Crippen molar-refractivity contribution < 1.29 is 9.53 Å². The molecule has 1 aliphatic rings. The number of hydrogen-bond donors (Lipinski definition) is 2. The minimum absolute atomic E-state index is 0.0711. The first kappa shape index (κ1) is 23.9. The third-order valence-corrected chi connectivity index (χ3v) is 6.94. The van der Waals surface area contributed by atoms with Gasteiger partial charge in [-0.25, -0.2) is 4.98 Å². The number of likely N-dealkylation sites (tertiary alicyclic amines) is 1. The van der Waals surface area contributed by atoms with Crippen LogP contribution in [0.1, 0.15) is 28.8 Å². The second-order valence-electron chi connectivity index (χ2n) is 9.37. The molecule has 2 heterocycles. The molecule has 3 aromatic carbocycles. The maximum absolute atomic E-state index is 13.7. The Kier molecular flexibility index (Phi) is 6.91. The number of carbonyl (C=O) groups excluding carboxylic acids is 1. The summed E-state index contributed by atoms with van der Waals surface area (Å²) in [5.74, 6) is 1.44. The van der Waals surface area contributed by atoms with Gasteiger partial charge in [0.05, 0.1) is 29.3 Å². The number of hydrogen-bond acceptors (Lipinski definition) is 5. The Hall–Kier alpha value is -3.84. The van der Waals surface area contributed by atoms with Gasteiger partial charge >= 0.3 is 0 Å². The topological polar surface area (TPSA) is 71.4 Å². The number of carbonyl (C=O) groups is 1. The van der Waals surface area contributed by atoms with Crippen LogP contribution < -0.4 is 15.4 Å². The molecule has 0 aliphatic carbocycles. The van der Waals surface area contributed by atoms with E-state index in [1.165, 1.54) is 5.56 Å². The van der Waals surface area contributed by atoms with Gasteiger partial charge in [0.25, 0.3) is 5.91 Å². The Bertz CT molecular complexity index is 1370. The van der Waals surface area contributed by atoms with E-state index in [0.29, 0.717) is 5.56 Å². The van der Waals surface area contributed by atoms with Gasteiger partial charge in [-0.15, -0.1) is 0 Å². The smallest absolute Gasteiger partial charge is 0.253 e. The molecule has 36 heavy (non-hydrogen) atoms. The first-order valence-corrected chi connectivity index (χ1v) is 12.5. The van der Waals surface area contributed by atoms with Gasteiger partial charge in [-0.1, -0.05) is 42.5 Å². The Morgan fingerprint density at radius 2 is 1.89 bits per heavy atom. The number of fused-ring (bicyclic) bond motifs is 1. The van der Waals surface area contributed by atoms with Gasteiger partial charge in [-0.3, -0.25) is 9.69 Å². The summed E-state index contributed by atoms with van der Waals surface area (Å²) in [5.41, 5.74) is 5.24. The van der Waals surface area contributed by atoms with E-state index in [9.17, 15) is 4.79 Å². The van der Waals surface area contributed by atoms with Crippen LogP contribution in [0.4, 0.5) is 5.69 Å². The van der Waals surface area contributed by atoms with Crippen LogP contribution in [0.15, 0.2) is 66.7 Å². The molecule has 0 spiro atoms. The number of nitrogens with one attached hydrogen (secondary N) is 2. The normalized spacial score (nSPS) is 16.1. The third-order valence-electron chi connectivity index (χ3n) is 6.94. The van der Waals surface area contributed by atoms with Crippen LogP contribution in [-0.2, 0) is 13.6 Å². The van der Waals surface area contributed by atoms with E-state index in [-0.39, 0.29) is 11.9 Å². The lowest BCUT2D eigenvalue weighted by Gasteiger charge is -2.33. The van der Waals surface area contributed by atoms with Gasteiger partial charge < -0.3 is 19.9 Å². The molecule has 1 atom stereocenters. The number of piperidine rings is 1. The summed E-state index contributed by atoms with van der Waals surface area (Å²) in [6.07, 6.45) is 2.04. The maximum atomic E-state index is 13.7. The van der Waals surface area contributed by atoms with Crippen molar-refractivity contribution in [3.8, 4) is 17.1 Å². The van der Waals surface area contributed by atoms with Crippen molar-refractivity contribution in [1.29, 1.82) is 0 Å². The van der Waals surface area contributed by atoms with Crippen LogP contribution in [0.25, 0.3) is 22.4 Å². The van der Waals surface area contributed by atoms with E-state index in [1.54, 1.807) is 7.11 Å². The van der Waals surface area contributed by atoms with Gasteiger partial charge in [0.2, 0.25) is 0 Å². The summed E-state index contributed by atoms with van der Waals surface area (Å²) in [4.78, 5) is 21.0. The predicted molar refractivity (Wildman–Crippen MR) is 144 cm³/mol. The molecule has 1 aromatic heterocycles. The zero-order valence-corrected chi connectivity index (χ0v) is 21.1. The van der Waals surface area contributed by atoms with Crippen molar-refractivity contribution in [2.75, 3.05) is 32.6 Å². The molecule has 0 bridgehead atoms. The summed E-state index contributed by atoms with van der Waals surface area (Å²) in [5, 5.41) is 6.50. The van der Waals surface area contributed by atoms with E-state index in [0.717, 1.165) is 66.3 Å². The number of nitrogens with zero attached hydrogens (tertiary/aromatic N) is 3. The van der Waals surface area contributed by atoms with E-state index >= 15 is 0 Å². The molecule has 4 aromatic rings. The van der Waals surface area contributed by atoms with Crippen LogP contribution in [0.5, 0.6) is 5.75 Å². The standard InChI is InChI=1S/C29H33N5O2/c1-30-22-16-24(27-25(17-22)32-28(33(27)2)23-13-7-8-14-26(23)36-3)29(35)31-21-12-9-15-34(19-21)18-20-10-5-4-6-11-20/h4-8,10-11,13-14,16-17,21,30H,9,12,15,18-19H2,1-3H3,(H,31,35). The van der Waals surface area contributed by atoms with Crippen LogP contribution in [0.3, 0.4) is 0 Å². The van der Waals surface area contributed by atoms with Gasteiger partial charge in [-0.05, 0) is 49.2 Å². The number of rotatable bonds is 7. The highest BCUT2D eigenvalue weighted by molar-refractivity contribution is 6.07. The number of benzene rings is 3. The number of methoxy groups -OCH3 is 1. The number of anilines is 1. The van der Waals surface area contributed by atoms with Crippen molar-refractivity contribution >= 4 is 22.6 Å². The molecule has 5 rings (SSSR count). The summed E-state index contributed by atoms with van der Waals surface area (Å²) in [6, 6.07) is 22.3. The van der Waals surface area contributed by atoms with Crippen LogP contribution in [0, 0.1) is 0 Å². The lowest BCUT2D eigenvalue weighted by molar-refractivity contribution is 0.0902. The fraction of sp³-hybridized carbons (Fsp3) is 0.310. The quantitative estimate of drug-likeness (QED) is 0.399. The second kappa shape index (κ2) is 10.4. The second-order valence-corrected chi connectivity index (χ2v) is 9.37. The van der Waals surface area contributed by atoms with Crippen LogP contribution >= 0.6 is 0 Å².